The first-order valence-corrected chi connectivity index (χ1v) is 8.82. The first kappa shape index (κ1) is 19.1. The fourth-order valence-electron chi connectivity index (χ4n) is 3.12. The minimum absolute atomic E-state index is 0.00563. The Bertz CT molecular complexity index is 1220. The molecule has 30 heavy (non-hydrogen) atoms. The highest BCUT2D eigenvalue weighted by Crippen LogP contribution is 2.35. The summed E-state index contributed by atoms with van der Waals surface area (Å²) in [6, 6.07) is 5.83. The van der Waals surface area contributed by atoms with Crippen LogP contribution in [0.5, 0.6) is 11.6 Å². The minimum Gasteiger partial charge on any atom is -0.467 e. The second kappa shape index (κ2) is 7.00. The van der Waals surface area contributed by atoms with Crippen LogP contribution in [0, 0.1) is 17.1 Å². The Labute approximate surface area is 170 Å². The first-order valence-electron chi connectivity index (χ1n) is 8.82. The summed E-state index contributed by atoms with van der Waals surface area (Å²) in [4.78, 5) is 27.2. The molecule has 2 bridgehead atoms. The maximum Gasteiger partial charge on any atom is 0.307 e. The summed E-state index contributed by atoms with van der Waals surface area (Å²) in [5.74, 6) is -0.982. The van der Waals surface area contributed by atoms with Crippen LogP contribution in [-0.2, 0) is 7.05 Å². The van der Waals surface area contributed by atoms with E-state index in [9.17, 15) is 14.4 Å². The number of rotatable bonds is 0. The van der Waals surface area contributed by atoms with Gasteiger partial charge < -0.3 is 15.3 Å². The van der Waals surface area contributed by atoms with E-state index in [0.717, 1.165) is 5.06 Å². The SMILES string of the molecule is C[C@H]1Oc2nc(cnc2N)-c2c(nn(C)c2C#N)C(=O)N(C)Oc2ccc(F)cc21. The average Bonchev–Trinajstić information content (AvgIpc) is 3.05. The summed E-state index contributed by atoms with van der Waals surface area (Å²) in [6.07, 6.45) is 0.580. The standard InChI is InChI=1S/C19H16FN7O3/c1-9-11-6-10(20)4-5-14(11)30-27(3)19(28)16-15(13(7-21)26(2)25-16)12-8-23-17(22)18(24-12)29-9/h4-6,8-9H,1-3H3,(H2,22,23)/t9-/m1/s1. The third-order valence-corrected chi connectivity index (χ3v) is 4.60. The van der Waals surface area contributed by atoms with E-state index in [0.29, 0.717) is 5.56 Å². The van der Waals surface area contributed by atoms with Gasteiger partial charge in [-0.25, -0.2) is 14.4 Å². The number of hydrogen-bond acceptors (Lipinski definition) is 8. The van der Waals surface area contributed by atoms with Crippen molar-refractivity contribution < 1.29 is 18.8 Å². The summed E-state index contributed by atoms with van der Waals surface area (Å²) in [5.41, 5.74) is 6.62. The molecule has 1 aromatic carbocycles. The normalized spacial score (nSPS) is 15.6. The zero-order valence-electron chi connectivity index (χ0n) is 16.3. The number of aromatic nitrogens is 4. The molecule has 0 unspecified atom stereocenters. The Morgan fingerprint density at radius 1 is 1.33 bits per heavy atom. The number of hydrogen-bond donors (Lipinski definition) is 1. The van der Waals surface area contributed by atoms with Crippen LogP contribution >= 0.6 is 0 Å². The van der Waals surface area contributed by atoms with Crippen molar-refractivity contribution in [2.24, 2.45) is 7.05 Å². The van der Waals surface area contributed by atoms with E-state index >= 15 is 0 Å². The van der Waals surface area contributed by atoms with Crippen molar-refractivity contribution in [1.29, 1.82) is 5.26 Å². The minimum atomic E-state index is -0.741. The summed E-state index contributed by atoms with van der Waals surface area (Å²) >= 11 is 0. The number of anilines is 1. The van der Waals surface area contributed by atoms with Crippen molar-refractivity contribution in [1.82, 2.24) is 24.8 Å². The lowest BCUT2D eigenvalue weighted by atomic mass is 10.1. The predicted molar refractivity (Wildman–Crippen MR) is 102 cm³/mol. The van der Waals surface area contributed by atoms with Gasteiger partial charge in [-0.3, -0.25) is 9.48 Å². The largest absolute Gasteiger partial charge is 0.467 e. The second-order valence-corrected chi connectivity index (χ2v) is 6.59. The number of aryl methyl sites for hydroxylation is 1. The molecule has 0 saturated heterocycles. The average molecular weight is 409 g/mol. The number of nitrogen functional groups attached to an aromatic ring is 1. The lowest BCUT2D eigenvalue weighted by Gasteiger charge is -2.23. The van der Waals surface area contributed by atoms with Crippen LogP contribution in [0.15, 0.2) is 24.4 Å². The third kappa shape index (κ3) is 3.04. The van der Waals surface area contributed by atoms with Crippen LogP contribution in [0.2, 0.25) is 0 Å². The van der Waals surface area contributed by atoms with E-state index < -0.39 is 17.8 Å². The van der Waals surface area contributed by atoms with E-state index in [1.54, 1.807) is 6.92 Å². The number of carbonyl (C=O) groups excluding carboxylic acids is 1. The maximum absolute atomic E-state index is 13.9. The van der Waals surface area contributed by atoms with Gasteiger partial charge in [-0.1, -0.05) is 0 Å². The van der Waals surface area contributed by atoms with E-state index in [4.69, 9.17) is 15.3 Å². The van der Waals surface area contributed by atoms with E-state index in [2.05, 4.69) is 15.1 Å². The molecule has 4 rings (SSSR count). The van der Waals surface area contributed by atoms with Gasteiger partial charge in [0.2, 0.25) is 0 Å². The molecule has 152 valence electrons. The molecule has 0 aliphatic carbocycles. The molecular formula is C19H16FN7O3. The molecule has 3 aromatic rings. The van der Waals surface area contributed by atoms with Gasteiger partial charge in [0.05, 0.1) is 17.5 Å². The fraction of sp³-hybridized carbons (Fsp3) is 0.211. The molecule has 2 aromatic heterocycles. The quantitative estimate of drug-likeness (QED) is 0.596. The number of nitriles is 1. The number of hydroxylamine groups is 2. The van der Waals surface area contributed by atoms with Crippen LogP contribution in [0.4, 0.5) is 10.2 Å². The Balaban J connectivity index is 1.99. The summed E-state index contributed by atoms with van der Waals surface area (Å²) < 4.78 is 21.0. The predicted octanol–water partition coefficient (Wildman–Crippen LogP) is 1.99. The van der Waals surface area contributed by atoms with Gasteiger partial charge in [-0.05, 0) is 25.1 Å². The Kier molecular flexibility index (Phi) is 4.46. The van der Waals surface area contributed by atoms with Crippen molar-refractivity contribution in [3.8, 4) is 29.0 Å². The third-order valence-electron chi connectivity index (χ3n) is 4.60. The molecule has 3 heterocycles. The number of benzene rings is 1. The second-order valence-electron chi connectivity index (χ2n) is 6.59. The van der Waals surface area contributed by atoms with Crippen LogP contribution in [0.3, 0.4) is 0 Å². The zero-order chi connectivity index (χ0) is 21.6. The molecule has 0 fully saturated rings. The molecule has 11 heteroatoms. The van der Waals surface area contributed by atoms with Crippen LogP contribution < -0.4 is 15.3 Å². The van der Waals surface area contributed by atoms with Gasteiger partial charge in [0, 0.05) is 19.7 Å². The van der Waals surface area contributed by atoms with Crippen molar-refractivity contribution in [3.05, 3.63) is 47.2 Å². The number of carbonyl (C=O) groups is 1. The van der Waals surface area contributed by atoms with E-state index in [1.165, 1.54) is 43.2 Å². The van der Waals surface area contributed by atoms with Crippen LogP contribution in [0.1, 0.15) is 34.8 Å². The summed E-state index contributed by atoms with van der Waals surface area (Å²) in [6.45, 7) is 1.65. The van der Waals surface area contributed by atoms with Gasteiger partial charge in [-0.15, -0.1) is 0 Å². The smallest absolute Gasteiger partial charge is 0.307 e. The zero-order valence-corrected chi connectivity index (χ0v) is 16.3. The van der Waals surface area contributed by atoms with Gasteiger partial charge in [0.15, 0.2) is 17.3 Å². The molecule has 0 radical (unpaired) electrons. The van der Waals surface area contributed by atoms with Gasteiger partial charge in [0.1, 0.15) is 23.7 Å². The number of nitrogens with two attached hydrogens (primary N) is 1. The molecule has 0 saturated carbocycles. The molecular weight excluding hydrogens is 393 g/mol. The molecule has 10 nitrogen and oxygen atoms in total. The summed E-state index contributed by atoms with van der Waals surface area (Å²) in [7, 11) is 2.91. The van der Waals surface area contributed by atoms with E-state index in [-0.39, 0.29) is 40.1 Å². The number of amides is 1. The molecule has 1 aliphatic heterocycles. The first-order chi connectivity index (χ1) is 14.3. The fourth-order valence-corrected chi connectivity index (χ4v) is 3.12. The highest BCUT2D eigenvalue weighted by molar-refractivity contribution is 5.99. The van der Waals surface area contributed by atoms with Crippen molar-refractivity contribution in [3.63, 3.8) is 0 Å². The Morgan fingerprint density at radius 3 is 2.83 bits per heavy atom. The number of nitrogens with zero attached hydrogens (tertiary/aromatic N) is 6. The highest BCUT2D eigenvalue weighted by Gasteiger charge is 2.30. The number of halogens is 1. The monoisotopic (exact) mass is 409 g/mol. The lowest BCUT2D eigenvalue weighted by molar-refractivity contribution is -0.0162. The number of ether oxygens (including phenoxy) is 1. The van der Waals surface area contributed by atoms with Crippen molar-refractivity contribution >= 4 is 11.7 Å². The molecule has 1 amide bonds. The van der Waals surface area contributed by atoms with Crippen molar-refractivity contribution in [2.45, 2.75) is 13.0 Å². The van der Waals surface area contributed by atoms with Gasteiger partial charge >= 0.3 is 5.91 Å². The number of fused-ring (bicyclic) bond motifs is 5. The summed E-state index contributed by atoms with van der Waals surface area (Å²) in [5, 5.41) is 14.7. The van der Waals surface area contributed by atoms with Crippen LogP contribution in [-0.4, -0.2) is 37.8 Å². The van der Waals surface area contributed by atoms with Crippen LogP contribution in [0.25, 0.3) is 11.3 Å². The maximum atomic E-state index is 13.9. The lowest BCUT2D eigenvalue weighted by Crippen LogP contribution is -2.31. The molecule has 0 spiro atoms. The van der Waals surface area contributed by atoms with Crippen molar-refractivity contribution in [2.75, 3.05) is 12.8 Å². The van der Waals surface area contributed by atoms with Gasteiger partial charge in [0.25, 0.3) is 5.88 Å². The molecule has 2 N–H and O–H groups in total. The Hall–Kier alpha value is -4.20. The van der Waals surface area contributed by atoms with Gasteiger partial charge in [-0.2, -0.15) is 15.4 Å². The molecule has 1 atom stereocenters. The van der Waals surface area contributed by atoms with E-state index in [1.807, 2.05) is 6.07 Å². The topological polar surface area (TPSA) is 132 Å². The molecule has 1 aliphatic rings. The Morgan fingerprint density at radius 2 is 2.10 bits per heavy atom. The highest BCUT2D eigenvalue weighted by atomic mass is 19.1.